The van der Waals surface area contributed by atoms with Crippen LogP contribution in [-0.4, -0.2) is 17.8 Å². The highest BCUT2D eigenvalue weighted by molar-refractivity contribution is 7.12. The van der Waals surface area contributed by atoms with Gasteiger partial charge in [-0.15, -0.1) is 11.3 Å². The standard InChI is InChI=1S/C15H16ClN3O2S/c1-10(21-19-14(17)13-7-4-8-22-13)15(20)18-9-11-5-2-3-6-12(11)16/h2-8,10H,9H2,1H3,(H2,17,19)(H,18,20). The first-order valence-electron chi connectivity index (χ1n) is 6.62. The molecule has 1 aromatic heterocycles. The number of rotatable bonds is 6. The van der Waals surface area contributed by atoms with Crippen LogP contribution >= 0.6 is 22.9 Å². The molecule has 0 saturated carbocycles. The maximum atomic E-state index is 11.9. The molecule has 0 fully saturated rings. The molecular weight excluding hydrogens is 322 g/mol. The molecular formula is C15H16ClN3O2S. The van der Waals surface area contributed by atoms with Crippen molar-refractivity contribution in [1.29, 1.82) is 0 Å². The van der Waals surface area contributed by atoms with Crippen LogP contribution in [0, 0.1) is 0 Å². The summed E-state index contributed by atoms with van der Waals surface area (Å²) in [5, 5.41) is 9.01. The van der Waals surface area contributed by atoms with Gasteiger partial charge in [0.25, 0.3) is 5.91 Å². The van der Waals surface area contributed by atoms with Crippen molar-refractivity contribution in [3.05, 3.63) is 57.2 Å². The number of hydrogen-bond donors (Lipinski definition) is 2. The summed E-state index contributed by atoms with van der Waals surface area (Å²) in [5.74, 6) is -0.0385. The lowest BCUT2D eigenvalue weighted by atomic mass is 10.2. The van der Waals surface area contributed by atoms with Gasteiger partial charge in [0.1, 0.15) is 0 Å². The van der Waals surface area contributed by atoms with E-state index in [9.17, 15) is 4.79 Å². The zero-order chi connectivity index (χ0) is 15.9. The normalized spacial score (nSPS) is 12.7. The first kappa shape index (κ1) is 16.3. The number of oxime groups is 1. The Bertz CT molecular complexity index is 659. The lowest BCUT2D eigenvalue weighted by Crippen LogP contribution is -2.33. The van der Waals surface area contributed by atoms with Crippen LogP contribution in [-0.2, 0) is 16.2 Å². The minimum Gasteiger partial charge on any atom is -0.381 e. The molecule has 116 valence electrons. The molecule has 0 bridgehead atoms. The van der Waals surface area contributed by atoms with Crippen molar-refractivity contribution in [3.63, 3.8) is 0 Å². The Morgan fingerprint density at radius 3 is 2.86 bits per heavy atom. The van der Waals surface area contributed by atoms with E-state index in [0.29, 0.717) is 11.6 Å². The molecule has 0 spiro atoms. The minimum atomic E-state index is -0.749. The third-order valence-corrected chi connectivity index (χ3v) is 4.12. The van der Waals surface area contributed by atoms with E-state index in [4.69, 9.17) is 22.2 Å². The predicted molar refractivity (Wildman–Crippen MR) is 88.9 cm³/mol. The molecule has 0 aliphatic carbocycles. The molecule has 2 rings (SSSR count). The van der Waals surface area contributed by atoms with Crippen LogP contribution in [0.2, 0.25) is 5.02 Å². The van der Waals surface area contributed by atoms with E-state index in [1.54, 1.807) is 13.0 Å². The van der Waals surface area contributed by atoms with E-state index in [1.165, 1.54) is 11.3 Å². The van der Waals surface area contributed by atoms with Gasteiger partial charge in [-0.05, 0) is 30.0 Å². The number of carbonyl (C=O) groups excluding carboxylic acids is 1. The van der Waals surface area contributed by atoms with Gasteiger partial charge in [0.05, 0.1) is 4.88 Å². The molecule has 0 aliphatic rings. The fourth-order valence-corrected chi connectivity index (χ4v) is 2.44. The smallest absolute Gasteiger partial charge is 0.263 e. The maximum absolute atomic E-state index is 11.9. The van der Waals surface area contributed by atoms with Gasteiger partial charge in [0, 0.05) is 11.6 Å². The summed E-state index contributed by atoms with van der Waals surface area (Å²) in [6.07, 6.45) is -0.749. The van der Waals surface area contributed by atoms with Crippen LogP contribution in [0.3, 0.4) is 0 Å². The Morgan fingerprint density at radius 1 is 1.41 bits per heavy atom. The highest BCUT2D eigenvalue weighted by Gasteiger charge is 2.14. The van der Waals surface area contributed by atoms with Gasteiger partial charge >= 0.3 is 0 Å². The molecule has 22 heavy (non-hydrogen) atoms. The number of nitrogens with zero attached hydrogens (tertiary/aromatic N) is 1. The highest BCUT2D eigenvalue weighted by Crippen LogP contribution is 2.14. The van der Waals surface area contributed by atoms with Gasteiger partial charge < -0.3 is 15.9 Å². The molecule has 5 nitrogen and oxygen atoms in total. The summed E-state index contributed by atoms with van der Waals surface area (Å²) in [5.41, 5.74) is 6.60. The Kier molecular flexibility index (Phi) is 5.80. The number of hydrogen-bond acceptors (Lipinski definition) is 4. The van der Waals surface area contributed by atoms with Crippen molar-refractivity contribution in [2.45, 2.75) is 19.6 Å². The molecule has 1 atom stereocenters. The van der Waals surface area contributed by atoms with Gasteiger partial charge in [-0.2, -0.15) is 0 Å². The summed E-state index contributed by atoms with van der Waals surface area (Å²) in [7, 11) is 0. The van der Waals surface area contributed by atoms with Crippen molar-refractivity contribution >= 4 is 34.7 Å². The van der Waals surface area contributed by atoms with E-state index in [-0.39, 0.29) is 11.7 Å². The molecule has 0 saturated heterocycles. The largest absolute Gasteiger partial charge is 0.381 e. The lowest BCUT2D eigenvalue weighted by molar-refractivity contribution is -0.131. The third-order valence-electron chi connectivity index (χ3n) is 2.86. The van der Waals surface area contributed by atoms with E-state index in [2.05, 4.69) is 10.5 Å². The van der Waals surface area contributed by atoms with Crippen LogP contribution in [0.5, 0.6) is 0 Å². The van der Waals surface area contributed by atoms with Crippen molar-refractivity contribution in [2.24, 2.45) is 10.9 Å². The Hall–Kier alpha value is -2.05. The number of nitrogens with two attached hydrogens (primary N) is 1. The van der Waals surface area contributed by atoms with Crippen LogP contribution in [0.1, 0.15) is 17.4 Å². The van der Waals surface area contributed by atoms with Crippen molar-refractivity contribution < 1.29 is 9.63 Å². The second kappa shape index (κ2) is 7.82. The number of thiophene rings is 1. The Balaban J connectivity index is 1.85. The summed E-state index contributed by atoms with van der Waals surface area (Å²) in [6, 6.07) is 11.0. The third kappa shape index (κ3) is 4.47. The van der Waals surface area contributed by atoms with Crippen LogP contribution in [0.15, 0.2) is 46.9 Å². The molecule has 2 aromatic rings. The molecule has 1 amide bonds. The van der Waals surface area contributed by atoms with E-state index in [0.717, 1.165) is 10.4 Å². The Morgan fingerprint density at radius 2 is 2.18 bits per heavy atom. The molecule has 3 N–H and O–H groups in total. The molecule has 0 aliphatic heterocycles. The summed E-state index contributed by atoms with van der Waals surface area (Å²) in [4.78, 5) is 17.9. The maximum Gasteiger partial charge on any atom is 0.263 e. The molecule has 1 unspecified atom stereocenters. The zero-order valence-electron chi connectivity index (χ0n) is 12.0. The molecule has 0 radical (unpaired) electrons. The number of benzene rings is 1. The van der Waals surface area contributed by atoms with Crippen molar-refractivity contribution in [1.82, 2.24) is 5.32 Å². The van der Waals surface area contributed by atoms with Crippen LogP contribution in [0.4, 0.5) is 0 Å². The summed E-state index contributed by atoms with van der Waals surface area (Å²) in [6.45, 7) is 1.93. The fraction of sp³-hybridized carbons (Fsp3) is 0.200. The number of carbonyl (C=O) groups is 1. The summed E-state index contributed by atoms with van der Waals surface area (Å²) >= 11 is 7.48. The first-order valence-corrected chi connectivity index (χ1v) is 7.88. The highest BCUT2D eigenvalue weighted by atomic mass is 35.5. The molecule has 7 heteroatoms. The van der Waals surface area contributed by atoms with Gasteiger partial charge in [0.2, 0.25) is 6.10 Å². The second-order valence-electron chi connectivity index (χ2n) is 4.51. The van der Waals surface area contributed by atoms with Crippen molar-refractivity contribution in [3.8, 4) is 0 Å². The quantitative estimate of drug-likeness (QED) is 0.483. The molecule has 1 heterocycles. The summed E-state index contributed by atoms with van der Waals surface area (Å²) < 4.78 is 0. The number of amides is 1. The van der Waals surface area contributed by atoms with Gasteiger partial charge in [-0.1, -0.05) is 41.0 Å². The van der Waals surface area contributed by atoms with E-state index < -0.39 is 6.10 Å². The SMILES string of the molecule is CC(ON=C(N)c1cccs1)C(=O)NCc1ccccc1Cl. The van der Waals surface area contributed by atoms with E-state index >= 15 is 0 Å². The average molecular weight is 338 g/mol. The Labute approximate surface area is 137 Å². The first-order chi connectivity index (χ1) is 10.6. The van der Waals surface area contributed by atoms with Crippen molar-refractivity contribution in [2.75, 3.05) is 0 Å². The van der Waals surface area contributed by atoms with Gasteiger partial charge in [-0.3, -0.25) is 4.79 Å². The number of amidine groups is 1. The second-order valence-corrected chi connectivity index (χ2v) is 5.87. The van der Waals surface area contributed by atoms with Gasteiger partial charge in [-0.25, -0.2) is 0 Å². The lowest BCUT2D eigenvalue weighted by Gasteiger charge is -2.11. The average Bonchev–Trinajstić information content (AvgIpc) is 3.05. The van der Waals surface area contributed by atoms with Crippen LogP contribution in [0.25, 0.3) is 0 Å². The minimum absolute atomic E-state index is 0.251. The molecule has 1 aromatic carbocycles. The number of halogens is 1. The van der Waals surface area contributed by atoms with Crippen LogP contribution < -0.4 is 11.1 Å². The van der Waals surface area contributed by atoms with Gasteiger partial charge in [0.15, 0.2) is 5.84 Å². The van der Waals surface area contributed by atoms with E-state index in [1.807, 2.05) is 35.7 Å². The zero-order valence-corrected chi connectivity index (χ0v) is 13.5. The monoisotopic (exact) mass is 337 g/mol. The number of nitrogens with one attached hydrogen (secondary N) is 1. The topological polar surface area (TPSA) is 76.7 Å². The fourth-order valence-electron chi connectivity index (χ4n) is 1.62. The predicted octanol–water partition coefficient (Wildman–Crippen LogP) is 2.74.